The summed E-state index contributed by atoms with van der Waals surface area (Å²) in [6.07, 6.45) is 1.69. The van der Waals surface area contributed by atoms with Crippen LogP contribution in [0.2, 0.25) is 0 Å². The lowest BCUT2D eigenvalue weighted by molar-refractivity contribution is 0.0959. The van der Waals surface area contributed by atoms with E-state index in [0.29, 0.717) is 4.88 Å². The fourth-order valence-electron chi connectivity index (χ4n) is 1.65. The lowest BCUT2D eigenvalue weighted by Gasteiger charge is -2.03. The average molecular weight is 258 g/mol. The van der Waals surface area contributed by atoms with Gasteiger partial charge in [0.05, 0.1) is 11.1 Å². The smallest absolute Gasteiger partial charge is 0.266 e. The summed E-state index contributed by atoms with van der Waals surface area (Å²) < 4.78 is 0. The molecule has 1 N–H and O–H groups in total. The maximum Gasteiger partial charge on any atom is 0.281 e. The van der Waals surface area contributed by atoms with Crippen molar-refractivity contribution in [3.05, 3.63) is 57.3 Å². The van der Waals surface area contributed by atoms with Crippen molar-refractivity contribution >= 4 is 23.5 Å². The molecule has 0 aliphatic heterocycles. The zero-order chi connectivity index (χ0) is 13.0. The standard InChI is InChI=1S/C14H14N2OS/c1-10-5-3-6-11(2)12(10)9-15-16-14(17)13-7-4-8-18-13/h3-9H,1-2H3,(H,16,17). The molecule has 0 unspecified atom stereocenters. The Hall–Kier alpha value is -1.94. The molecule has 0 fully saturated rings. The van der Waals surface area contributed by atoms with E-state index in [0.717, 1.165) is 16.7 Å². The average Bonchev–Trinajstić information content (AvgIpc) is 2.86. The Bertz CT molecular complexity index is 553. The normalized spacial score (nSPS) is 10.8. The number of rotatable bonds is 3. The molecular weight excluding hydrogens is 244 g/mol. The summed E-state index contributed by atoms with van der Waals surface area (Å²) in [6.45, 7) is 4.05. The van der Waals surface area contributed by atoms with Gasteiger partial charge in [-0.25, -0.2) is 5.43 Å². The first-order valence-corrected chi connectivity index (χ1v) is 6.49. The number of hydrazone groups is 1. The Morgan fingerprint density at radius 2 is 1.94 bits per heavy atom. The van der Waals surface area contributed by atoms with Gasteiger partial charge in [0.25, 0.3) is 5.91 Å². The van der Waals surface area contributed by atoms with Crippen LogP contribution < -0.4 is 5.43 Å². The molecule has 3 nitrogen and oxygen atoms in total. The zero-order valence-corrected chi connectivity index (χ0v) is 11.1. The zero-order valence-electron chi connectivity index (χ0n) is 10.3. The lowest BCUT2D eigenvalue weighted by Crippen LogP contribution is -2.16. The molecule has 0 aliphatic carbocycles. The molecule has 18 heavy (non-hydrogen) atoms. The first-order chi connectivity index (χ1) is 8.68. The number of aryl methyl sites for hydroxylation is 2. The fourth-order valence-corrected chi connectivity index (χ4v) is 2.26. The highest BCUT2D eigenvalue weighted by atomic mass is 32.1. The van der Waals surface area contributed by atoms with Crippen LogP contribution in [0.4, 0.5) is 0 Å². The van der Waals surface area contributed by atoms with Crippen LogP contribution in [-0.4, -0.2) is 12.1 Å². The SMILES string of the molecule is Cc1cccc(C)c1C=NNC(=O)c1cccs1. The minimum absolute atomic E-state index is 0.174. The molecule has 0 saturated carbocycles. The van der Waals surface area contributed by atoms with Gasteiger partial charge in [0.2, 0.25) is 0 Å². The third-order valence-corrected chi connectivity index (χ3v) is 3.52. The van der Waals surface area contributed by atoms with E-state index in [-0.39, 0.29) is 5.91 Å². The van der Waals surface area contributed by atoms with Crippen molar-refractivity contribution in [2.45, 2.75) is 13.8 Å². The molecule has 0 bridgehead atoms. The Kier molecular flexibility index (Phi) is 3.89. The van der Waals surface area contributed by atoms with E-state index >= 15 is 0 Å². The van der Waals surface area contributed by atoms with Crippen LogP contribution >= 0.6 is 11.3 Å². The number of amides is 1. The third-order valence-electron chi connectivity index (χ3n) is 2.65. The minimum Gasteiger partial charge on any atom is -0.266 e. The quantitative estimate of drug-likeness (QED) is 0.667. The van der Waals surface area contributed by atoms with Gasteiger partial charge in [-0.2, -0.15) is 5.10 Å². The van der Waals surface area contributed by atoms with Crippen LogP contribution in [0, 0.1) is 13.8 Å². The molecule has 2 aromatic rings. The number of benzene rings is 1. The van der Waals surface area contributed by atoms with E-state index in [4.69, 9.17) is 0 Å². The monoisotopic (exact) mass is 258 g/mol. The molecule has 0 spiro atoms. The van der Waals surface area contributed by atoms with Crippen LogP contribution in [0.25, 0.3) is 0 Å². The van der Waals surface area contributed by atoms with E-state index < -0.39 is 0 Å². The molecule has 0 atom stereocenters. The summed E-state index contributed by atoms with van der Waals surface area (Å²) in [4.78, 5) is 12.3. The second kappa shape index (κ2) is 5.60. The van der Waals surface area contributed by atoms with Gasteiger partial charge in [0.15, 0.2) is 0 Å². The molecule has 1 amide bonds. The summed E-state index contributed by atoms with van der Waals surface area (Å²) in [5.74, 6) is -0.174. The van der Waals surface area contributed by atoms with Crippen LogP contribution in [0.5, 0.6) is 0 Å². The van der Waals surface area contributed by atoms with Gasteiger partial charge in [-0.3, -0.25) is 4.79 Å². The van der Waals surface area contributed by atoms with E-state index in [9.17, 15) is 4.79 Å². The number of carbonyl (C=O) groups excluding carboxylic acids is 1. The van der Waals surface area contributed by atoms with Gasteiger partial charge in [-0.15, -0.1) is 11.3 Å². The van der Waals surface area contributed by atoms with Crippen molar-refractivity contribution in [3.8, 4) is 0 Å². The van der Waals surface area contributed by atoms with Gasteiger partial charge in [-0.05, 0) is 36.4 Å². The predicted molar refractivity (Wildman–Crippen MR) is 75.3 cm³/mol. The van der Waals surface area contributed by atoms with Gasteiger partial charge in [0, 0.05) is 5.56 Å². The van der Waals surface area contributed by atoms with Gasteiger partial charge < -0.3 is 0 Å². The second-order valence-corrected chi connectivity index (χ2v) is 4.93. The van der Waals surface area contributed by atoms with Crippen LogP contribution in [0.1, 0.15) is 26.4 Å². The molecule has 0 radical (unpaired) electrons. The maximum atomic E-state index is 11.7. The summed E-state index contributed by atoms with van der Waals surface area (Å²) in [6, 6.07) is 9.67. The van der Waals surface area contributed by atoms with Crippen molar-refractivity contribution in [3.63, 3.8) is 0 Å². The summed E-state index contributed by atoms with van der Waals surface area (Å²) in [5, 5.41) is 5.87. The van der Waals surface area contributed by atoms with Gasteiger partial charge in [0.1, 0.15) is 0 Å². The molecule has 1 aromatic heterocycles. The fraction of sp³-hybridized carbons (Fsp3) is 0.143. The van der Waals surface area contributed by atoms with E-state index in [1.807, 2.05) is 43.5 Å². The Morgan fingerprint density at radius 3 is 2.56 bits per heavy atom. The van der Waals surface area contributed by atoms with Crippen LogP contribution in [-0.2, 0) is 0 Å². The Labute approximate surface area is 110 Å². The number of thiophene rings is 1. The molecule has 0 saturated heterocycles. The van der Waals surface area contributed by atoms with Crippen LogP contribution in [0.3, 0.4) is 0 Å². The number of carbonyl (C=O) groups is 1. The highest BCUT2D eigenvalue weighted by molar-refractivity contribution is 7.12. The lowest BCUT2D eigenvalue weighted by atomic mass is 10.0. The number of hydrogen-bond donors (Lipinski definition) is 1. The van der Waals surface area contributed by atoms with Crippen LogP contribution in [0.15, 0.2) is 40.8 Å². The molecule has 1 heterocycles. The predicted octanol–water partition coefficient (Wildman–Crippen LogP) is 3.13. The van der Waals surface area contributed by atoms with Crippen molar-refractivity contribution in [2.75, 3.05) is 0 Å². The molecule has 92 valence electrons. The van der Waals surface area contributed by atoms with Gasteiger partial charge in [-0.1, -0.05) is 24.3 Å². The first kappa shape index (κ1) is 12.5. The maximum absolute atomic E-state index is 11.7. The third kappa shape index (κ3) is 2.84. The Balaban J connectivity index is 2.06. The highest BCUT2D eigenvalue weighted by Gasteiger charge is 2.04. The molecule has 0 aliphatic rings. The van der Waals surface area contributed by atoms with Crippen molar-refractivity contribution in [2.24, 2.45) is 5.10 Å². The number of hydrogen-bond acceptors (Lipinski definition) is 3. The van der Waals surface area contributed by atoms with E-state index in [2.05, 4.69) is 10.5 Å². The first-order valence-electron chi connectivity index (χ1n) is 5.61. The molecule has 1 aromatic carbocycles. The summed E-state index contributed by atoms with van der Waals surface area (Å²) in [7, 11) is 0. The summed E-state index contributed by atoms with van der Waals surface area (Å²) in [5.41, 5.74) is 5.86. The van der Waals surface area contributed by atoms with E-state index in [1.54, 1.807) is 12.3 Å². The Morgan fingerprint density at radius 1 is 1.22 bits per heavy atom. The topological polar surface area (TPSA) is 41.5 Å². The minimum atomic E-state index is -0.174. The molecule has 4 heteroatoms. The summed E-state index contributed by atoms with van der Waals surface area (Å²) >= 11 is 1.40. The van der Waals surface area contributed by atoms with Crippen molar-refractivity contribution in [1.29, 1.82) is 0 Å². The largest absolute Gasteiger partial charge is 0.281 e. The van der Waals surface area contributed by atoms with E-state index in [1.165, 1.54) is 11.3 Å². The van der Waals surface area contributed by atoms with Crippen molar-refractivity contribution in [1.82, 2.24) is 5.43 Å². The molecular formula is C14H14N2OS. The number of nitrogens with zero attached hydrogens (tertiary/aromatic N) is 1. The highest BCUT2D eigenvalue weighted by Crippen LogP contribution is 2.10. The number of nitrogens with one attached hydrogen (secondary N) is 1. The molecule has 2 rings (SSSR count). The van der Waals surface area contributed by atoms with Gasteiger partial charge >= 0.3 is 0 Å². The van der Waals surface area contributed by atoms with Crippen molar-refractivity contribution < 1.29 is 4.79 Å². The second-order valence-electron chi connectivity index (χ2n) is 3.98.